The number of piperidine rings is 1. The highest BCUT2D eigenvalue weighted by molar-refractivity contribution is 5.80. The third kappa shape index (κ3) is 2.70. The molecule has 4 nitrogen and oxygen atoms in total. The van der Waals surface area contributed by atoms with E-state index < -0.39 is 0 Å². The summed E-state index contributed by atoms with van der Waals surface area (Å²) < 4.78 is 5.77. The highest BCUT2D eigenvalue weighted by Crippen LogP contribution is 2.21. The second kappa shape index (κ2) is 5.67. The second-order valence-electron chi connectivity index (χ2n) is 5.47. The first-order valence-corrected chi connectivity index (χ1v) is 7.17. The van der Waals surface area contributed by atoms with Gasteiger partial charge in [-0.05, 0) is 38.1 Å². The Morgan fingerprint density at radius 3 is 2.85 bits per heavy atom. The standard InChI is InChI=1S/C16H20N2O2/c1-18(16(19)12-6-8-17-9-7-12)11-14-10-13-4-2-3-5-15(13)20-14/h2-5,10,12,17H,6-9,11H2,1H3. The van der Waals surface area contributed by atoms with Crippen molar-refractivity contribution in [1.29, 1.82) is 0 Å². The second-order valence-corrected chi connectivity index (χ2v) is 5.47. The van der Waals surface area contributed by atoms with Gasteiger partial charge in [-0.25, -0.2) is 0 Å². The Morgan fingerprint density at radius 1 is 1.35 bits per heavy atom. The average molecular weight is 272 g/mol. The van der Waals surface area contributed by atoms with Gasteiger partial charge in [0.2, 0.25) is 5.91 Å². The summed E-state index contributed by atoms with van der Waals surface area (Å²) in [5.41, 5.74) is 0.880. The lowest BCUT2D eigenvalue weighted by Gasteiger charge is -2.26. The zero-order chi connectivity index (χ0) is 13.9. The first-order chi connectivity index (χ1) is 9.74. The lowest BCUT2D eigenvalue weighted by molar-refractivity contribution is -0.135. The van der Waals surface area contributed by atoms with Crippen molar-refractivity contribution < 1.29 is 9.21 Å². The Morgan fingerprint density at radius 2 is 2.10 bits per heavy atom. The molecule has 106 valence electrons. The van der Waals surface area contributed by atoms with Crippen molar-refractivity contribution in [3.8, 4) is 0 Å². The van der Waals surface area contributed by atoms with Crippen molar-refractivity contribution in [3.05, 3.63) is 36.1 Å². The van der Waals surface area contributed by atoms with Gasteiger partial charge in [0.05, 0.1) is 6.54 Å². The number of carbonyl (C=O) groups is 1. The fourth-order valence-corrected chi connectivity index (χ4v) is 2.81. The van der Waals surface area contributed by atoms with E-state index in [1.165, 1.54) is 0 Å². The predicted molar refractivity (Wildman–Crippen MR) is 78.3 cm³/mol. The van der Waals surface area contributed by atoms with Crippen molar-refractivity contribution >= 4 is 16.9 Å². The number of nitrogens with zero attached hydrogens (tertiary/aromatic N) is 1. The zero-order valence-electron chi connectivity index (χ0n) is 11.8. The number of hydrogen-bond donors (Lipinski definition) is 1. The molecule has 2 aromatic rings. The molecule has 1 fully saturated rings. The Hall–Kier alpha value is -1.81. The maximum absolute atomic E-state index is 12.4. The molecule has 4 heteroatoms. The molecular formula is C16H20N2O2. The van der Waals surface area contributed by atoms with Crippen LogP contribution >= 0.6 is 0 Å². The van der Waals surface area contributed by atoms with Gasteiger partial charge in [-0.15, -0.1) is 0 Å². The maximum atomic E-state index is 12.4. The van der Waals surface area contributed by atoms with Crippen molar-refractivity contribution in [3.63, 3.8) is 0 Å². The van der Waals surface area contributed by atoms with E-state index in [0.717, 1.165) is 42.7 Å². The maximum Gasteiger partial charge on any atom is 0.225 e. The monoisotopic (exact) mass is 272 g/mol. The molecule has 1 amide bonds. The highest BCUT2D eigenvalue weighted by Gasteiger charge is 2.24. The van der Waals surface area contributed by atoms with Crippen LogP contribution in [-0.4, -0.2) is 30.9 Å². The Labute approximate surface area is 118 Å². The van der Waals surface area contributed by atoms with Crippen LogP contribution in [0.3, 0.4) is 0 Å². The van der Waals surface area contributed by atoms with Crippen LogP contribution in [0.4, 0.5) is 0 Å². The minimum Gasteiger partial charge on any atom is -0.459 e. The highest BCUT2D eigenvalue weighted by atomic mass is 16.3. The summed E-state index contributed by atoms with van der Waals surface area (Å²) in [6, 6.07) is 9.94. The van der Waals surface area contributed by atoms with Crippen LogP contribution in [0, 0.1) is 5.92 Å². The minimum absolute atomic E-state index is 0.158. The minimum atomic E-state index is 0.158. The smallest absolute Gasteiger partial charge is 0.225 e. The van der Waals surface area contributed by atoms with Crippen LogP contribution in [0.2, 0.25) is 0 Å². The fraction of sp³-hybridized carbons (Fsp3) is 0.438. The van der Waals surface area contributed by atoms with E-state index in [1.54, 1.807) is 4.90 Å². The van der Waals surface area contributed by atoms with Gasteiger partial charge in [0.25, 0.3) is 0 Å². The van der Waals surface area contributed by atoms with E-state index in [1.807, 2.05) is 37.4 Å². The van der Waals surface area contributed by atoms with E-state index in [2.05, 4.69) is 5.32 Å². The molecule has 1 aromatic heterocycles. The zero-order valence-corrected chi connectivity index (χ0v) is 11.8. The molecule has 0 atom stereocenters. The van der Waals surface area contributed by atoms with Crippen molar-refractivity contribution in [2.75, 3.05) is 20.1 Å². The Balaban J connectivity index is 1.68. The molecule has 0 spiro atoms. The lowest BCUT2D eigenvalue weighted by Crippen LogP contribution is -2.38. The topological polar surface area (TPSA) is 45.5 Å². The van der Waals surface area contributed by atoms with Crippen LogP contribution in [-0.2, 0) is 11.3 Å². The summed E-state index contributed by atoms with van der Waals surface area (Å²) in [4.78, 5) is 14.2. The molecule has 0 radical (unpaired) electrons. The molecule has 0 saturated carbocycles. The Bertz CT molecular complexity index is 566. The lowest BCUT2D eigenvalue weighted by atomic mass is 9.97. The van der Waals surface area contributed by atoms with Crippen LogP contribution in [0.25, 0.3) is 11.0 Å². The molecule has 1 aliphatic heterocycles. The number of para-hydroxylation sites is 1. The largest absolute Gasteiger partial charge is 0.459 e. The van der Waals surface area contributed by atoms with Gasteiger partial charge >= 0.3 is 0 Å². The van der Waals surface area contributed by atoms with Crippen LogP contribution in [0.15, 0.2) is 34.7 Å². The third-order valence-electron chi connectivity index (χ3n) is 3.93. The van der Waals surface area contributed by atoms with Crippen LogP contribution in [0.5, 0.6) is 0 Å². The van der Waals surface area contributed by atoms with E-state index in [0.29, 0.717) is 6.54 Å². The molecule has 1 aromatic carbocycles. The number of carbonyl (C=O) groups excluding carboxylic acids is 1. The normalized spacial score (nSPS) is 16.4. The van der Waals surface area contributed by atoms with Gasteiger partial charge in [-0.2, -0.15) is 0 Å². The molecule has 0 aliphatic carbocycles. The van der Waals surface area contributed by atoms with Crippen LogP contribution in [0.1, 0.15) is 18.6 Å². The number of nitrogens with one attached hydrogen (secondary N) is 1. The molecule has 3 rings (SSSR count). The van der Waals surface area contributed by atoms with Gasteiger partial charge in [-0.1, -0.05) is 18.2 Å². The summed E-state index contributed by atoms with van der Waals surface area (Å²) >= 11 is 0. The molecule has 0 unspecified atom stereocenters. The molecule has 1 N–H and O–H groups in total. The summed E-state index contributed by atoms with van der Waals surface area (Å²) in [7, 11) is 1.86. The number of fused-ring (bicyclic) bond motifs is 1. The van der Waals surface area contributed by atoms with Crippen molar-refractivity contribution in [2.45, 2.75) is 19.4 Å². The molecule has 2 heterocycles. The number of furan rings is 1. The SMILES string of the molecule is CN(Cc1cc2ccccc2o1)C(=O)C1CCNCC1. The summed E-state index contributed by atoms with van der Waals surface area (Å²) in [5, 5.41) is 4.37. The number of hydrogen-bond acceptors (Lipinski definition) is 3. The molecule has 1 aliphatic rings. The summed E-state index contributed by atoms with van der Waals surface area (Å²) in [6.07, 6.45) is 1.87. The van der Waals surface area contributed by atoms with E-state index in [-0.39, 0.29) is 11.8 Å². The van der Waals surface area contributed by atoms with Gasteiger partial charge < -0.3 is 14.6 Å². The van der Waals surface area contributed by atoms with Crippen LogP contribution < -0.4 is 5.32 Å². The van der Waals surface area contributed by atoms with E-state index in [9.17, 15) is 4.79 Å². The van der Waals surface area contributed by atoms with Gasteiger partial charge in [0.15, 0.2) is 0 Å². The number of amides is 1. The first kappa shape index (κ1) is 13.2. The summed E-state index contributed by atoms with van der Waals surface area (Å²) in [6.45, 7) is 2.42. The fourth-order valence-electron chi connectivity index (χ4n) is 2.81. The van der Waals surface area contributed by atoms with Gasteiger partial charge in [0.1, 0.15) is 11.3 Å². The van der Waals surface area contributed by atoms with Crippen molar-refractivity contribution in [1.82, 2.24) is 10.2 Å². The van der Waals surface area contributed by atoms with Crippen molar-refractivity contribution in [2.24, 2.45) is 5.92 Å². The molecule has 20 heavy (non-hydrogen) atoms. The number of rotatable bonds is 3. The predicted octanol–water partition coefficient (Wildman–Crippen LogP) is 2.39. The molecular weight excluding hydrogens is 252 g/mol. The van der Waals surface area contributed by atoms with Gasteiger partial charge in [-0.3, -0.25) is 4.79 Å². The quantitative estimate of drug-likeness (QED) is 0.933. The van der Waals surface area contributed by atoms with Gasteiger partial charge in [0, 0.05) is 18.4 Å². The first-order valence-electron chi connectivity index (χ1n) is 7.17. The van der Waals surface area contributed by atoms with E-state index in [4.69, 9.17) is 4.42 Å². The Kier molecular flexibility index (Phi) is 3.74. The number of benzene rings is 1. The molecule has 0 bridgehead atoms. The average Bonchev–Trinajstić information content (AvgIpc) is 2.89. The summed E-state index contributed by atoms with van der Waals surface area (Å²) in [5.74, 6) is 1.23. The third-order valence-corrected chi connectivity index (χ3v) is 3.93. The van der Waals surface area contributed by atoms with E-state index >= 15 is 0 Å². The molecule has 1 saturated heterocycles.